The number of aromatic nitrogens is 2. The molecule has 0 atom stereocenters. The van der Waals surface area contributed by atoms with Crippen LogP contribution >= 0.6 is 0 Å². The van der Waals surface area contributed by atoms with Gasteiger partial charge in [-0.3, -0.25) is 0 Å². The average molecular weight is 455 g/mol. The van der Waals surface area contributed by atoms with E-state index in [1.54, 1.807) is 0 Å². The highest BCUT2D eigenvalue weighted by molar-refractivity contribution is 6.41. The van der Waals surface area contributed by atoms with Gasteiger partial charge < -0.3 is 0 Å². The molecule has 0 fully saturated rings. The third kappa shape index (κ3) is 1.78. The quantitative estimate of drug-likeness (QED) is 0.165. The van der Waals surface area contributed by atoms with Gasteiger partial charge in [-0.05, 0) is 51.2 Å². The van der Waals surface area contributed by atoms with Crippen molar-refractivity contribution in [3.8, 4) is 0 Å². The van der Waals surface area contributed by atoms with Gasteiger partial charge in [0, 0.05) is 29.0 Å². The first-order valence-electron chi connectivity index (χ1n) is 12.5. The van der Waals surface area contributed by atoms with Crippen LogP contribution in [0.25, 0.3) is 86.7 Å². The monoisotopic (exact) mass is 454 g/mol. The molecule has 0 spiro atoms. The van der Waals surface area contributed by atoms with Crippen LogP contribution < -0.4 is 8.80 Å². The molecule has 0 bridgehead atoms. The lowest BCUT2D eigenvalue weighted by molar-refractivity contribution is -0.499. The Morgan fingerprint density at radius 1 is 0.333 bits per heavy atom. The van der Waals surface area contributed by atoms with Crippen molar-refractivity contribution in [2.45, 2.75) is 0 Å². The van der Waals surface area contributed by atoms with Crippen LogP contribution in [0.4, 0.5) is 0 Å². The summed E-state index contributed by atoms with van der Waals surface area (Å²) in [5, 5.41) is 16.0. The first-order chi connectivity index (χ1) is 17.9. The number of hydrogen-bond acceptors (Lipinski definition) is 0. The van der Waals surface area contributed by atoms with Gasteiger partial charge in [0.1, 0.15) is 0 Å². The summed E-state index contributed by atoms with van der Waals surface area (Å²) in [5.41, 5.74) is 5.14. The maximum absolute atomic E-state index is 2.46. The number of rotatable bonds is 0. The summed E-state index contributed by atoms with van der Waals surface area (Å²) in [5.74, 6) is 0. The second-order valence-corrected chi connectivity index (χ2v) is 10.2. The lowest BCUT2D eigenvalue weighted by atomic mass is 9.93. The van der Waals surface area contributed by atoms with Crippen molar-refractivity contribution in [2.75, 3.05) is 0 Å². The van der Waals surface area contributed by atoms with Crippen LogP contribution in [0, 0.1) is 0 Å². The van der Waals surface area contributed by atoms with E-state index in [0.29, 0.717) is 0 Å². The van der Waals surface area contributed by atoms with Crippen molar-refractivity contribution in [1.82, 2.24) is 0 Å². The largest absolute Gasteiger partial charge is 0.293 e. The maximum Gasteiger partial charge on any atom is 0.293 e. The number of fused-ring (bicyclic) bond motifs is 9. The molecule has 0 unspecified atom stereocenters. The van der Waals surface area contributed by atoms with Crippen LogP contribution in [0.1, 0.15) is 0 Å². The summed E-state index contributed by atoms with van der Waals surface area (Å²) >= 11 is 0. The van der Waals surface area contributed by atoms with Crippen LogP contribution in [-0.2, 0) is 0 Å². The fourth-order valence-electron chi connectivity index (χ4n) is 7.19. The highest BCUT2D eigenvalue weighted by atomic mass is 14.9. The van der Waals surface area contributed by atoms with Crippen molar-refractivity contribution in [1.29, 1.82) is 0 Å². The molecule has 36 heavy (non-hydrogen) atoms. The van der Waals surface area contributed by atoms with Gasteiger partial charge in [-0.2, -0.15) is 8.80 Å². The molecule has 162 valence electrons. The van der Waals surface area contributed by atoms with Crippen molar-refractivity contribution in [3.63, 3.8) is 0 Å². The Balaban J connectivity index is 1.75. The average Bonchev–Trinajstić information content (AvgIpc) is 3.40. The highest BCUT2D eigenvalue weighted by Crippen LogP contribution is 2.46. The first kappa shape index (κ1) is 17.6. The zero-order valence-electron chi connectivity index (χ0n) is 19.3. The van der Waals surface area contributed by atoms with Crippen LogP contribution in [0.2, 0.25) is 0 Å². The van der Waals surface area contributed by atoms with Gasteiger partial charge in [-0.1, -0.05) is 54.6 Å². The molecule has 4 aromatic heterocycles. The SMILES string of the molecule is c1ccc2c(c1)cc[n+]1c2c2ccc3ccc4ccc5ccc6c7c5c4c3c2c1c7[n+]1ccccc61. The summed E-state index contributed by atoms with van der Waals surface area (Å²) in [4.78, 5) is 0. The Morgan fingerprint density at radius 3 is 1.75 bits per heavy atom. The zero-order chi connectivity index (χ0) is 23.1. The summed E-state index contributed by atoms with van der Waals surface area (Å²) in [6, 6.07) is 36.1. The summed E-state index contributed by atoms with van der Waals surface area (Å²) in [7, 11) is 0. The fraction of sp³-hybridized carbons (Fsp3) is 0. The normalized spacial score (nSPS) is 13.0. The van der Waals surface area contributed by atoms with E-state index < -0.39 is 0 Å². The predicted molar refractivity (Wildman–Crippen MR) is 149 cm³/mol. The third-order valence-electron chi connectivity index (χ3n) is 8.58. The predicted octanol–water partition coefficient (Wildman–Crippen LogP) is 7.55. The van der Waals surface area contributed by atoms with E-state index in [0.717, 1.165) is 0 Å². The van der Waals surface area contributed by atoms with Crippen LogP contribution in [0.15, 0.2) is 109 Å². The maximum atomic E-state index is 2.46. The van der Waals surface area contributed by atoms with Crippen LogP contribution in [-0.4, -0.2) is 0 Å². The molecule has 4 heterocycles. The third-order valence-corrected chi connectivity index (χ3v) is 8.58. The summed E-state index contributed by atoms with van der Waals surface area (Å²) < 4.78 is 4.88. The van der Waals surface area contributed by atoms with Gasteiger partial charge in [0.25, 0.3) is 11.0 Å². The molecule has 10 aromatic rings. The number of benzene rings is 5. The van der Waals surface area contributed by atoms with E-state index >= 15 is 0 Å². The molecule has 0 amide bonds. The van der Waals surface area contributed by atoms with Gasteiger partial charge in [0.05, 0.1) is 26.9 Å². The molecule has 0 saturated heterocycles. The second-order valence-electron chi connectivity index (χ2n) is 10.2. The van der Waals surface area contributed by atoms with E-state index in [2.05, 4.69) is 118 Å². The zero-order valence-corrected chi connectivity index (χ0v) is 19.3. The number of hydrogen-bond donors (Lipinski definition) is 0. The minimum absolute atomic E-state index is 1.26. The van der Waals surface area contributed by atoms with Gasteiger partial charge in [-0.25, -0.2) is 0 Å². The molecule has 6 aromatic carbocycles. The molecule has 2 heteroatoms. The van der Waals surface area contributed by atoms with E-state index in [1.165, 1.54) is 86.7 Å². The van der Waals surface area contributed by atoms with Gasteiger partial charge in [0.15, 0.2) is 12.4 Å². The van der Waals surface area contributed by atoms with E-state index in [4.69, 9.17) is 0 Å². The van der Waals surface area contributed by atoms with Gasteiger partial charge in [0.2, 0.25) is 11.0 Å². The number of pyridine rings is 2. The Labute approximate surface area is 204 Å². The lowest BCUT2D eigenvalue weighted by Gasteiger charge is -2.08. The van der Waals surface area contributed by atoms with Crippen molar-refractivity contribution < 1.29 is 8.80 Å². The summed E-state index contributed by atoms with van der Waals surface area (Å²) in [6.07, 6.45) is 4.52. The standard InChI is InChI=1S/C34H18N2/c1-2-6-23-19(5-1)16-18-36-32(23)25-15-13-22-11-9-20-8-10-21-12-14-24-26-7-3-4-17-35(26)33-30(24)28(21)27(20)29(22)31(25)34(33)36/h1-18H/q+2. The van der Waals surface area contributed by atoms with E-state index in [9.17, 15) is 0 Å². The Bertz CT molecular complexity index is 2520. The molecule has 0 N–H and O–H groups in total. The highest BCUT2D eigenvalue weighted by Gasteiger charge is 2.33. The van der Waals surface area contributed by atoms with E-state index in [1.807, 2.05) is 0 Å². The lowest BCUT2D eigenvalue weighted by Crippen LogP contribution is -2.24. The molecule has 2 nitrogen and oxygen atoms in total. The Morgan fingerprint density at radius 2 is 0.944 bits per heavy atom. The van der Waals surface area contributed by atoms with Gasteiger partial charge in [-0.15, -0.1) is 0 Å². The molecule has 0 saturated carbocycles. The molecule has 10 rings (SSSR count). The number of nitrogens with zero attached hydrogens (tertiary/aromatic N) is 2. The smallest absolute Gasteiger partial charge is 0.154 e. The van der Waals surface area contributed by atoms with E-state index in [-0.39, 0.29) is 0 Å². The Hall–Kier alpha value is -4.82. The second kappa shape index (κ2) is 5.69. The van der Waals surface area contributed by atoms with Crippen molar-refractivity contribution in [2.24, 2.45) is 0 Å². The molecule has 0 aliphatic rings. The topological polar surface area (TPSA) is 8.20 Å². The minimum atomic E-state index is 1.26. The Kier molecular flexibility index (Phi) is 2.78. The molecule has 0 aliphatic heterocycles. The molecule has 0 radical (unpaired) electrons. The molecular weight excluding hydrogens is 436 g/mol. The van der Waals surface area contributed by atoms with Gasteiger partial charge >= 0.3 is 0 Å². The minimum Gasteiger partial charge on any atom is -0.154 e. The van der Waals surface area contributed by atoms with Crippen molar-refractivity contribution >= 4 is 86.7 Å². The summed E-state index contributed by atoms with van der Waals surface area (Å²) in [6.45, 7) is 0. The molecular formula is C34H18N2+2. The van der Waals surface area contributed by atoms with Crippen molar-refractivity contribution in [3.05, 3.63) is 109 Å². The fourth-order valence-corrected chi connectivity index (χ4v) is 7.19. The van der Waals surface area contributed by atoms with Crippen LogP contribution in [0.3, 0.4) is 0 Å². The first-order valence-corrected chi connectivity index (χ1v) is 12.5. The molecule has 0 aliphatic carbocycles. The van der Waals surface area contributed by atoms with Crippen LogP contribution in [0.5, 0.6) is 0 Å².